The molecule has 1 N–H and O–H groups in total. The van der Waals surface area contributed by atoms with Crippen LogP contribution in [0, 0.1) is 13.8 Å². The summed E-state index contributed by atoms with van der Waals surface area (Å²) >= 11 is 0. The molecule has 1 aromatic rings. The van der Waals surface area contributed by atoms with Gasteiger partial charge in [0.1, 0.15) is 0 Å². The second kappa shape index (κ2) is 7.56. The SMILES string of the molecule is Cc1ccc(C)c(CC(=O)NC2CCN(C3CCN(C)C3=O)CC2)c1. The summed E-state index contributed by atoms with van der Waals surface area (Å²) in [6, 6.07) is 6.53. The number of carbonyl (C=O) groups excluding carboxylic acids is 2. The molecule has 1 atom stereocenters. The molecule has 3 rings (SSSR count). The first-order chi connectivity index (χ1) is 11.9. The Morgan fingerprint density at radius 1 is 1.16 bits per heavy atom. The van der Waals surface area contributed by atoms with Crippen molar-refractivity contribution in [1.82, 2.24) is 15.1 Å². The van der Waals surface area contributed by atoms with Crippen molar-refractivity contribution in [3.8, 4) is 0 Å². The van der Waals surface area contributed by atoms with Crippen LogP contribution in [0.3, 0.4) is 0 Å². The molecule has 2 aliphatic heterocycles. The lowest BCUT2D eigenvalue weighted by atomic mass is 10.0. The summed E-state index contributed by atoms with van der Waals surface area (Å²) in [7, 11) is 1.88. The summed E-state index contributed by atoms with van der Waals surface area (Å²) in [4.78, 5) is 28.6. The van der Waals surface area contributed by atoms with Gasteiger partial charge in [0.2, 0.25) is 11.8 Å². The van der Waals surface area contributed by atoms with Gasteiger partial charge in [-0.25, -0.2) is 0 Å². The molecule has 5 nitrogen and oxygen atoms in total. The van der Waals surface area contributed by atoms with Crippen LogP contribution in [0.4, 0.5) is 0 Å². The third-order valence-corrected chi connectivity index (χ3v) is 5.59. The molecule has 136 valence electrons. The fourth-order valence-corrected chi connectivity index (χ4v) is 3.94. The summed E-state index contributed by atoms with van der Waals surface area (Å²) in [5.74, 6) is 0.348. The lowest BCUT2D eigenvalue weighted by Crippen LogP contribution is -2.50. The van der Waals surface area contributed by atoms with Crippen LogP contribution in [0.1, 0.15) is 36.0 Å². The van der Waals surface area contributed by atoms with Crippen LogP contribution in [0.5, 0.6) is 0 Å². The van der Waals surface area contributed by atoms with E-state index in [-0.39, 0.29) is 23.9 Å². The Morgan fingerprint density at radius 2 is 1.88 bits per heavy atom. The number of hydrogen-bond acceptors (Lipinski definition) is 3. The minimum atomic E-state index is 0.0524. The summed E-state index contributed by atoms with van der Waals surface area (Å²) in [5, 5.41) is 3.18. The number of carbonyl (C=O) groups is 2. The van der Waals surface area contributed by atoms with Gasteiger partial charge in [0.25, 0.3) is 0 Å². The number of benzene rings is 1. The highest BCUT2D eigenvalue weighted by molar-refractivity contribution is 5.83. The molecule has 0 aromatic heterocycles. The average molecular weight is 343 g/mol. The van der Waals surface area contributed by atoms with Crippen LogP contribution >= 0.6 is 0 Å². The zero-order chi connectivity index (χ0) is 18.0. The predicted octanol–water partition coefficient (Wildman–Crippen LogP) is 1.66. The third kappa shape index (κ3) is 4.21. The number of nitrogens with one attached hydrogen (secondary N) is 1. The quantitative estimate of drug-likeness (QED) is 0.905. The largest absolute Gasteiger partial charge is 0.353 e. The maximum Gasteiger partial charge on any atom is 0.239 e. The molecule has 0 saturated carbocycles. The number of aryl methyl sites for hydroxylation is 2. The Hall–Kier alpha value is -1.88. The zero-order valence-corrected chi connectivity index (χ0v) is 15.5. The highest BCUT2D eigenvalue weighted by atomic mass is 16.2. The van der Waals surface area contributed by atoms with Crippen molar-refractivity contribution in [3.05, 3.63) is 34.9 Å². The van der Waals surface area contributed by atoms with Gasteiger partial charge in [-0.15, -0.1) is 0 Å². The van der Waals surface area contributed by atoms with E-state index >= 15 is 0 Å². The highest BCUT2D eigenvalue weighted by Gasteiger charge is 2.35. The van der Waals surface area contributed by atoms with Crippen LogP contribution in [-0.4, -0.2) is 60.4 Å². The topological polar surface area (TPSA) is 52.7 Å². The zero-order valence-electron chi connectivity index (χ0n) is 15.5. The maximum absolute atomic E-state index is 12.4. The smallest absolute Gasteiger partial charge is 0.239 e. The first-order valence-electron chi connectivity index (χ1n) is 9.28. The van der Waals surface area contributed by atoms with Crippen LogP contribution in [0.15, 0.2) is 18.2 Å². The van der Waals surface area contributed by atoms with Crippen LogP contribution < -0.4 is 5.32 Å². The Bertz CT molecular complexity index is 650. The monoisotopic (exact) mass is 343 g/mol. The number of hydrogen-bond donors (Lipinski definition) is 1. The number of likely N-dealkylation sites (tertiary alicyclic amines) is 2. The number of likely N-dealkylation sites (N-methyl/N-ethyl adjacent to an activating group) is 1. The van der Waals surface area contributed by atoms with E-state index in [0.29, 0.717) is 6.42 Å². The number of rotatable bonds is 4. The van der Waals surface area contributed by atoms with Gasteiger partial charge in [-0.05, 0) is 44.2 Å². The molecule has 1 aromatic carbocycles. The predicted molar refractivity (Wildman–Crippen MR) is 98.4 cm³/mol. The molecule has 2 heterocycles. The van der Waals surface area contributed by atoms with E-state index in [4.69, 9.17) is 0 Å². The van der Waals surface area contributed by atoms with Crippen molar-refractivity contribution in [2.45, 2.75) is 51.6 Å². The molecule has 25 heavy (non-hydrogen) atoms. The summed E-state index contributed by atoms with van der Waals surface area (Å²) in [6.07, 6.45) is 3.22. The maximum atomic E-state index is 12.4. The molecule has 0 bridgehead atoms. The second-order valence-corrected chi connectivity index (χ2v) is 7.55. The average Bonchev–Trinajstić information content (AvgIpc) is 2.91. The summed E-state index contributed by atoms with van der Waals surface area (Å²) < 4.78 is 0. The standard InChI is InChI=1S/C20H29N3O2/c1-14-4-5-15(2)16(12-14)13-19(24)21-17-6-10-23(11-7-17)18-8-9-22(3)20(18)25/h4-5,12,17-18H,6-11,13H2,1-3H3,(H,21,24). The van der Waals surface area contributed by atoms with Gasteiger partial charge in [-0.2, -0.15) is 0 Å². The Labute approximate surface area is 150 Å². The molecule has 1 unspecified atom stereocenters. The number of amides is 2. The van der Waals surface area contributed by atoms with Gasteiger partial charge in [0.05, 0.1) is 12.5 Å². The van der Waals surface area contributed by atoms with Gasteiger partial charge in [-0.1, -0.05) is 23.8 Å². The van der Waals surface area contributed by atoms with Crippen molar-refractivity contribution >= 4 is 11.8 Å². The molecule has 2 amide bonds. The Kier molecular flexibility index (Phi) is 5.42. The van der Waals surface area contributed by atoms with E-state index < -0.39 is 0 Å². The lowest BCUT2D eigenvalue weighted by molar-refractivity contribution is -0.131. The fraction of sp³-hybridized carbons (Fsp3) is 0.600. The van der Waals surface area contributed by atoms with E-state index in [1.54, 1.807) is 0 Å². The molecule has 2 saturated heterocycles. The van der Waals surface area contributed by atoms with E-state index in [2.05, 4.69) is 42.3 Å². The van der Waals surface area contributed by atoms with Crippen LogP contribution in [0.25, 0.3) is 0 Å². The van der Waals surface area contributed by atoms with Crippen molar-refractivity contribution < 1.29 is 9.59 Å². The van der Waals surface area contributed by atoms with Crippen molar-refractivity contribution in [1.29, 1.82) is 0 Å². The van der Waals surface area contributed by atoms with Crippen LogP contribution in [0.2, 0.25) is 0 Å². The van der Waals surface area contributed by atoms with E-state index in [9.17, 15) is 9.59 Å². The van der Waals surface area contributed by atoms with Crippen molar-refractivity contribution in [3.63, 3.8) is 0 Å². The van der Waals surface area contributed by atoms with Gasteiger partial charge in [-0.3, -0.25) is 14.5 Å². The third-order valence-electron chi connectivity index (χ3n) is 5.59. The van der Waals surface area contributed by atoms with E-state index in [1.165, 1.54) is 11.1 Å². The van der Waals surface area contributed by atoms with Crippen LogP contribution in [-0.2, 0) is 16.0 Å². The highest BCUT2D eigenvalue weighted by Crippen LogP contribution is 2.21. The second-order valence-electron chi connectivity index (χ2n) is 7.55. The molecule has 2 aliphatic rings. The Morgan fingerprint density at radius 3 is 2.52 bits per heavy atom. The van der Waals surface area contributed by atoms with Crippen molar-refractivity contribution in [2.75, 3.05) is 26.7 Å². The molecule has 2 fully saturated rings. The fourth-order valence-electron chi connectivity index (χ4n) is 3.94. The first-order valence-corrected chi connectivity index (χ1v) is 9.28. The molecule has 0 aliphatic carbocycles. The van der Waals surface area contributed by atoms with E-state index in [0.717, 1.165) is 44.5 Å². The van der Waals surface area contributed by atoms with E-state index in [1.807, 2.05) is 11.9 Å². The Balaban J connectivity index is 1.48. The van der Waals surface area contributed by atoms with Gasteiger partial charge in [0, 0.05) is 32.7 Å². The molecule has 5 heteroatoms. The molecular weight excluding hydrogens is 314 g/mol. The number of nitrogens with zero attached hydrogens (tertiary/aromatic N) is 2. The van der Waals surface area contributed by atoms with Gasteiger partial charge < -0.3 is 10.2 Å². The lowest BCUT2D eigenvalue weighted by Gasteiger charge is -2.35. The normalized spacial score (nSPS) is 22.4. The minimum absolute atomic E-state index is 0.0524. The minimum Gasteiger partial charge on any atom is -0.353 e. The number of piperidine rings is 1. The first kappa shape index (κ1) is 17.9. The summed E-state index contributed by atoms with van der Waals surface area (Å²) in [6.45, 7) is 6.74. The van der Waals surface area contributed by atoms with Gasteiger partial charge >= 0.3 is 0 Å². The summed E-state index contributed by atoms with van der Waals surface area (Å²) in [5.41, 5.74) is 3.46. The molecule has 0 radical (unpaired) electrons. The van der Waals surface area contributed by atoms with Crippen molar-refractivity contribution in [2.24, 2.45) is 0 Å². The van der Waals surface area contributed by atoms with Gasteiger partial charge in [0.15, 0.2) is 0 Å². The molecular formula is C20H29N3O2. The molecule has 0 spiro atoms.